The van der Waals surface area contributed by atoms with Crippen LogP contribution in [0.15, 0.2) is 59.9 Å². The molecule has 1 fully saturated rings. The smallest absolute Gasteiger partial charge is 0.322 e. The van der Waals surface area contributed by atoms with Gasteiger partial charge < -0.3 is 5.32 Å². The summed E-state index contributed by atoms with van der Waals surface area (Å²) in [5.74, 6) is 0.827. The predicted molar refractivity (Wildman–Crippen MR) is 144 cm³/mol. The average Bonchev–Trinajstić information content (AvgIpc) is 3.72. The minimum atomic E-state index is -3.49. The molecule has 1 unspecified atom stereocenters. The normalized spacial score (nSPS) is 19.2. The minimum absolute atomic E-state index is 0.112. The van der Waals surface area contributed by atoms with Gasteiger partial charge in [0.25, 0.3) is 0 Å². The fourth-order valence-corrected chi connectivity index (χ4v) is 6.07. The Morgan fingerprint density at radius 2 is 1.89 bits per heavy atom. The maximum absolute atomic E-state index is 13.4. The summed E-state index contributed by atoms with van der Waals surface area (Å²) < 4.78 is 26.2. The van der Waals surface area contributed by atoms with Gasteiger partial charge in [-0.3, -0.25) is 4.90 Å². The van der Waals surface area contributed by atoms with E-state index < -0.39 is 10.0 Å². The molecular weight excluding hydrogens is 486 g/mol. The van der Waals surface area contributed by atoms with Crippen LogP contribution >= 0.6 is 0 Å². The number of nitrogens with zero attached hydrogens (tertiary/aromatic N) is 3. The van der Waals surface area contributed by atoms with Gasteiger partial charge in [0.2, 0.25) is 10.0 Å². The molecule has 2 aliphatic rings. The predicted octanol–water partition coefficient (Wildman–Crippen LogP) is 4.57. The van der Waals surface area contributed by atoms with E-state index in [9.17, 15) is 13.2 Å². The highest BCUT2D eigenvalue weighted by molar-refractivity contribution is 7.89. The monoisotopic (exact) mass is 519 g/mol. The molecule has 2 N–H and O–H groups in total. The molecule has 0 saturated heterocycles. The summed E-state index contributed by atoms with van der Waals surface area (Å²) in [7, 11) is -2.11. The second-order valence-electron chi connectivity index (χ2n) is 10.5. The Morgan fingerprint density at radius 3 is 2.54 bits per heavy atom. The number of carbonyl (C=O) groups is 1. The fourth-order valence-electron chi connectivity index (χ4n) is 5.34. The van der Waals surface area contributed by atoms with Crippen LogP contribution in [-0.4, -0.2) is 38.0 Å². The number of hydrogen-bond donors (Lipinski definition) is 2. The molecule has 2 amide bonds. The van der Waals surface area contributed by atoms with E-state index in [1.54, 1.807) is 30.6 Å². The molecule has 1 atom stereocenters. The van der Waals surface area contributed by atoms with E-state index >= 15 is 0 Å². The zero-order chi connectivity index (χ0) is 26.4. The van der Waals surface area contributed by atoms with Crippen LogP contribution in [0.25, 0.3) is 11.1 Å². The third-order valence-electron chi connectivity index (χ3n) is 7.66. The number of anilines is 1. The molecule has 3 aromatic rings. The summed E-state index contributed by atoms with van der Waals surface area (Å²) in [6.07, 6.45) is 5.82. The minimum Gasteiger partial charge on any atom is -0.334 e. The standard InChI is InChI=1S/C28H33N5O3S/c1-18(2)26-23(15-30-17-32-26)20-7-12-25-24(13-20)28(3,21-8-9-21)16-33(25)27(34)31-14-19-5-10-22(11-6-19)37(35,36)29-4/h5-7,10-13,15,17-18,21,29H,8-9,14,16H2,1-4H3,(H,31,34). The van der Waals surface area contributed by atoms with Crippen LogP contribution in [0.3, 0.4) is 0 Å². The third kappa shape index (κ3) is 4.73. The van der Waals surface area contributed by atoms with E-state index in [-0.39, 0.29) is 22.3 Å². The van der Waals surface area contributed by atoms with Crippen LogP contribution in [0.2, 0.25) is 0 Å². The van der Waals surface area contributed by atoms with Crippen molar-refractivity contribution >= 4 is 21.7 Å². The molecule has 0 bridgehead atoms. The van der Waals surface area contributed by atoms with Crippen LogP contribution in [0.4, 0.5) is 10.5 Å². The molecule has 0 spiro atoms. The summed E-state index contributed by atoms with van der Waals surface area (Å²) >= 11 is 0. The number of urea groups is 1. The highest BCUT2D eigenvalue weighted by atomic mass is 32.2. The van der Waals surface area contributed by atoms with Gasteiger partial charge in [-0.15, -0.1) is 0 Å². The quantitative estimate of drug-likeness (QED) is 0.476. The summed E-state index contributed by atoms with van der Waals surface area (Å²) in [4.78, 5) is 24.2. The van der Waals surface area contributed by atoms with Crippen LogP contribution in [0, 0.1) is 5.92 Å². The molecule has 1 aromatic heterocycles. The Morgan fingerprint density at radius 1 is 1.16 bits per heavy atom. The van der Waals surface area contributed by atoms with E-state index in [1.165, 1.54) is 25.5 Å². The topological polar surface area (TPSA) is 104 Å². The molecule has 1 aliphatic carbocycles. The maximum Gasteiger partial charge on any atom is 0.322 e. The van der Waals surface area contributed by atoms with E-state index in [0.717, 1.165) is 28.1 Å². The van der Waals surface area contributed by atoms with Gasteiger partial charge in [0.15, 0.2) is 0 Å². The fraction of sp³-hybridized carbons (Fsp3) is 0.393. The van der Waals surface area contributed by atoms with Gasteiger partial charge in [-0.1, -0.05) is 39.0 Å². The maximum atomic E-state index is 13.4. The zero-order valence-corrected chi connectivity index (χ0v) is 22.5. The Hall–Kier alpha value is -3.30. The first-order valence-electron chi connectivity index (χ1n) is 12.7. The van der Waals surface area contributed by atoms with Gasteiger partial charge in [0.05, 0.1) is 10.6 Å². The highest BCUT2D eigenvalue weighted by Crippen LogP contribution is 2.54. The molecular formula is C28H33N5O3S. The van der Waals surface area contributed by atoms with Crippen molar-refractivity contribution in [2.45, 2.75) is 56.4 Å². The molecule has 1 saturated carbocycles. The number of rotatable bonds is 7. The number of fused-ring (bicyclic) bond motifs is 1. The number of nitrogens with one attached hydrogen (secondary N) is 2. The lowest BCUT2D eigenvalue weighted by Gasteiger charge is -2.26. The first kappa shape index (κ1) is 25.4. The average molecular weight is 520 g/mol. The summed E-state index contributed by atoms with van der Waals surface area (Å²) in [6.45, 7) is 7.47. The second-order valence-corrected chi connectivity index (χ2v) is 12.4. The SMILES string of the molecule is CNS(=O)(=O)c1ccc(CNC(=O)N2CC(C)(C3CC3)c3cc(-c4cncnc4C(C)C)ccc32)cc1. The number of amides is 2. The Bertz CT molecular complexity index is 1430. The van der Waals surface area contributed by atoms with E-state index in [0.29, 0.717) is 19.0 Å². The molecule has 0 radical (unpaired) electrons. The molecule has 2 aromatic carbocycles. The molecule has 37 heavy (non-hydrogen) atoms. The highest BCUT2D eigenvalue weighted by Gasteiger charge is 2.50. The molecule has 9 heteroatoms. The van der Waals surface area contributed by atoms with Gasteiger partial charge in [-0.25, -0.2) is 27.9 Å². The zero-order valence-electron chi connectivity index (χ0n) is 21.7. The molecule has 8 nitrogen and oxygen atoms in total. The number of aromatic nitrogens is 2. The van der Waals surface area contributed by atoms with Crippen molar-refractivity contribution in [1.29, 1.82) is 0 Å². The molecule has 5 rings (SSSR count). The number of benzene rings is 2. The van der Waals surface area contributed by atoms with Crippen molar-refractivity contribution < 1.29 is 13.2 Å². The first-order chi connectivity index (χ1) is 17.6. The summed E-state index contributed by atoms with van der Waals surface area (Å²) in [6, 6.07) is 12.7. The van der Waals surface area contributed by atoms with Crippen molar-refractivity contribution in [3.8, 4) is 11.1 Å². The number of sulfonamides is 1. The second kappa shape index (κ2) is 9.54. The van der Waals surface area contributed by atoms with Crippen LogP contribution in [0.1, 0.15) is 56.4 Å². The Labute approximate surface area is 218 Å². The van der Waals surface area contributed by atoms with Crippen LogP contribution < -0.4 is 14.9 Å². The van der Waals surface area contributed by atoms with Crippen LogP contribution in [-0.2, 0) is 22.0 Å². The summed E-state index contributed by atoms with van der Waals surface area (Å²) in [5.41, 5.74) is 5.98. The number of carbonyl (C=O) groups excluding carboxylic acids is 1. The van der Waals surface area contributed by atoms with Gasteiger partial charge in [0, 0.05) is 36.0 Å². The lowest BCUT2D eigenvalue weighted by Crippen LogP contribution is -2.42. The lowest BCUT2D eigenvalue weighted by atomic mass is 9.79. The van der Waals surface area contributed by atoms with E-state index in [4.69, 9.17) is 0 Å². The van der Waals surface area contributed by atoms with Crippen molar-refractivity contribution in [2.75, 3.05) is 18.5 Å². The van der Waals surface area contributed by atoms with Crippen molar-refractivity contribution in [3.05, 3.63) is 71.8 Å². The first-order valence-corrected chi connectivity index (χ1v) is 14.1. The Kier molecular flexibility index (Phi) is 6.53. The molecule has 2 heterocycles. The van der Waals surface area contributed by atoms with Gasteiger partial charge in [-0.05, 0) is 72.7 Å². The molecule has 1 aliphatic heterocycles. The van der Waals surface area contributed by atoms with Gasteiger partial charge >= 0.3 is 6.03 Å². The van der Waals surface area contributed by atoms with Crippen molar-refractivity contribution in [2.24, 2.45) is 5.92 Å². The summed E-state index contributed by atoms with van der Waals surface area (Å²) in [5, 5.41) is 3.02. The van der Waals surface area contributed by atoms with Gasteiger partial charge in [0.1, 0.15) is 6.33 Å². The Balaban J connectivity index is 1.40. The van der Waals surface area contributed by atoms with Gasteiger partial charge in [-0.2, -0.15) is 0 Å². The lowest BCUT2D eigenvalue weighted by molar-refractivity contribution is 0.244. The van der Waals surface area contributed by atoms with E-state index in [1.807, 2.05) is 17.2 Å². The van der Waals surface area contributed by atoms with E-state index in [2.05, 4.69) is 52.9 Å². The molecule has 194 valence electrons. The number of hydrogen-bond acceptors (Lipinski definition) is 5. The van der Waals surface area contributed by atoms with Crippen molar-refractivity contribution in [3.63, 3.8) is 0 Å². The van der Waals surface area contributed by atoms with Crippen molar-refractivity contribution in [1.82, 2.24) is 20.0 Å². The van der Waals surface area contributed by atoms with Crippen LogP contribution in [0.5, 0.6) is 0 Å². The largest absolute Gasteiger partial charge is 0.334 e. The third-order valence-corrected chi connectivity index (χ3v) is 9.09.